The van der Waals surface area contributed by atoms with Gasteiger partial charge in [-0.15, -0.1) is 0 Å². The zero-order valence-corrected chi connectivity index (χ0v) is 25.8. The molecule has 0 unspecified atom stereocenters. The summed E-state index contributed by atoms with van der Waals surface area (Å²) in [6.45, 7) is 3.65. The number of aromatic nitrogens is 6. The summed E-state index contributed by atoms with van der Waals surface area (Å²) in [5.74, 6) is 1.72. The van der Waals surface area contributed by atoms with Crippen molar-refractivity contribution < 1.29 is 9.53 Å². The van der Waals surface area contributed by atoms with Gasteiger partial charge in [0.05, 0.1) is 43.7 Å². The monoisotopic (exact) mass is 619 g/mol. The Bertz CT molecular complexity index is 1710. The molecule has 2 amide bonds. The van der Waals surface area contributed by atoms with Crippen LogP contribution in [-0.2, 0) is 18.3 Å². The maximum atomic E-state index is 13.7. The molecule has 1 aromatic carbocycles. The van der Waals surface area contributed by atoms with Crippen LogP contribution in [0.5, 0.6) is 0 Å². The number of anilines is 3. The molecule has 46 heavy (non-hydrogen) atoms. The predicted octanol–water partition coefficient (Wildman–Crippen LogP) is 3.90. The second-order valence-electron chi connectivity index (χ2n) is 12.5. The van der Waals surface area contributed by atoms with Crippen molar-refractivity contribution in [2.24, 2.45) is 12.5 Å². The van der Waals surface area contributed by atoms with Crippen molar-refractivity contribution in [1.82, 2.24) is 35.0 Å². The number of amides is 2. The topological polar surface area (TPSA) is 150 Å². The Kier molecular flexibility index (Phi) is 8.19. The van der Waals surface area contributed by atoms with E-state index in [1.54, 1.807) is 34.4 Å². The standard InChI is InChI=1S/C33H37N11O2/c1-42-19-25(16-39-42)28-17-36-29(18-35-28)44(32(45)38-14-23-5-3-2-4-6-23)27-9-7-26(8-10-27)40-31-37-15-24(13-34)30(41-31)43-12-11-33(20-43)21-46-22-33/h2-6,15-19,26-27H,7-12,14,20-22H2,1H3,(H,38,45)(H,37,40,41)/t26-,27-. The molecule has 0 atom stereocenters. The largest absolute Gasteiger partial charge is 0.380 e. The number of rotatable bonds is 8. The third kappa shape index (κ3) is 6.21. The molecule has 1 aliphatic carbocycles. The lowest BCUT2D eigenvalue weighted by Crippen LogP contribution is -2.49. The van der Waals surface area contributed by atoms with Crippen molar-refractivity contribution in [3.8, 4) is 17.3 Å². The van der Waals surface area contributed by atoms with Crippen molar-refractivity contribution in [3.05, 3.63) is 72.4 Å². The highest BCUT2D eigenvalue weighted by Crippen LogP contribution is 2.40. The van der Waals surface area contributed by atoms with Crippen LogP contribution in [0, 0.1) is 16.7 Å². The van der Waals surface area contributed by atoms with Gasteiger partial charge in [-0.05, 0) is 37.7 Å². The molecular weight excluding hydrogens is 582 g/mol. The minimum atomic E-state index is -0.205. The number of carbonyl (C=O) groups excluding carboxylic acids is 1. The number of hydrogen-bond donors (Lipinski definition) is 2. The molecule has 2 aliphatic heterocycles. The van der Waals surface area contributed by atoms with Gasteiger partial charge in [-0.3, -0.25) is 14.6 Å². The van der Waals surface area contributed by atoms with Crippen LogP contribution in [0.4, 0.5) is 22.4 Å². The summed E-state index contributed by atoms with van der Waals surface area (Å²) in [6, 6.07) is 12.0. The molecule has 3 fully saturated rings. The maximum absolute atomic E-state index is 13.7. The molecular formula is C33H37N11O2. The van der Waals surface area contributed by atoms with E-state index < -0.39 is 0 Å². The van der Waals surface area contributed by atoms with Crippen molar-refractivity contribution in [1.29, 1.82) is 5.26 Å². The SMILES string of the molecule is Cn1cc(-c2cnc(N(C(=O)NCc3ccccc3)[C@H]3CC[C@H](Nc4ncc(C#N)c(N5CCC6(COC6)C5)n4)CC3)cn2)cn1. The van der Waals surface area contributed by atoms with E-state index in [1.807, 2.05) is 43.6 Å². The van der Waals surface area contributed by atoms with E-state index in [9.17, 15) is 10.1 Å². The van der Waals surface area contributed by atoms with Crippen molar-refractivity contribution >= 4 is 23.6 Å². The minimum Gasteiger partial charge on any atom is -0.380 e. The van der Waals surface area contributed by atoms with Crippen LogP contribution in [0.25, 0.3) is 11.3 Å². The number of hydrogen-bond acceptors (Lipinski definition) is 10. The molecule has 3 aliphatic rings. The zero-order valence-electron chi connectivity index (χ0n) is 25.8. The van der Waals surface area contributed by atoms with Crippen molar-refractivity contribution in [2.45, 2.75) is 50.7 Å². The van der Waals surface area contributed by atoms with Crippen LogP contribution in [0.2, 0.25) is 0 Å². The highest BCUT2D eigenvalue weighted by Gasteiger charge is 2.45. The first-order valence-corrected chi connectivity index (χ1v) is 15.8. The fourth-order valence-corrected chi connectivity index (χ4v) is 6.63. The van der Waals surface area contributed by atoms with Crippen molar-refractivity contribution in [3.63, 3.8) is 0 Å². The van der Waals surface area contributed by atoms with E-state index in [2.05, 4.69) is 41.7 Å². The van der Waals surface area contributed by atoms with Crippen LogP contribution in [-0.4, -0.2) is 74.1 Å². The summed E-state index contributed by atoms with van der Waals surface area (Å²) in [4.78, 5) is 36.2. The Morgan fingerprint density at radius 1 is 1.09 bits per heavy atom. The molecule has 13 nitrogen and oxygen atoms in total. The average molecular weight is 620 g/mol. The summed E-state index contributed by atoms with van der Waals surface area (Å²) in [6.07, 6.45) is 12.8. The Labute approximate surface area is 267 Å². The first-order valence-electron chi connectivity index (χ1n) is 15.8. The highest BCUT2D eigenvalue weighted by molar-refractivity contribution is 5.91. The molecule has 236 valence electrons. The van der Waals surface area contributed by atoms with E-state index in [0.717, 1.165) is 69.5 Å². The number of nitrogens with one attached hydrogen (secondary N) is 2. The summed E-state index contributed by atoms with van der Waals surface area (Å²) >= 11 is 0. The summed E-state index contributed by atoms with van der Waals surface area (Å²) in [5.41, 5.74) is 3.25. The van der Waals surface area contributed by atoms with E-state index >= 15 is 0 Å². The Hall–Kier alpha value is -5.09. The van der Waals surface area contributed by atoms with Gasteiger partial charge in [0.25, 0.3) is 0 Å². The van der Waals surface area contributed by atoms with Crippen molar-refractivity contribution in [2.75, 3.05) is 41.4 Å². The average Bonchev–Trinajstić information content (AvgIpc) is 3.73. The first-order chi connectivity index (χ1) is 22.5. The third-order valence-corrected chi connectivity index (χ3v) is 9.23. The van der Waals surface area contributed by atoms with Gasteiger partial charge in [-0.2, -0.15) is 15.3 Å². The Balaban J connectivity index is 1.04. The number of ether oxygens (including phenoxy) is 1. The van der Waals surface area contributed by atoms with Crippen LogP contribution in [0.15, 0.2) is 61.3 Å². The lowest BCUT2D eigenvalue weighted by molar-refractivity contribution is -0.0985. The first kappa shape index (κ1) is 29.6. The molecule has 13 heteroatoms. The number of urea groups is 1. The predicted molar refractivity (Wildman–Crippen MR) is 172 cm³/mol. The molecule has 0 bridgehead atoms. The number of benzene rings is 1. The number of carbonyl (C=O) groups is 1. The molecule has 4 aromatic rings. The molecule has 2 saturated heterocycles. The van der Waals surface area contributed by atoms with Gasteiger partial charge >= 0.3 is 6.03 Å². The number of nitriles is 1. The second-order valence-corrected chi connectivity index (χ2v) is 12.5. The highest BCUT2D eigenvalue weighted by atomic mass is 16.5. The third-order valence-electron chi connectivity index (χ3n) is 9.23. The van der Waals surface area contributed by atoms with E-state index in [4.69, 9.17) is 9.72 Å². The number of aryl methyl sites for hydroxylation is 1. The van der Waals surface area contributed by atoms with Crippen LogP contribution < -0.4 is 20.4 Å². The van der Waals surface area contributed by atoms with E-state index in [-0.39, 0.29) is 23.5 Å². The molecule has 1 saturated carbocycles. The summed E-state index contributed by atoms with van der Waals surface area (Å²) in [5, 5.41) is 20.6. The lowest BCUT2D eigenvalue weighted by atomic mass is 9.85. The lowest BCUT2D eigenvalue weighted by Gasteiger charge is -2.37. The minimum absolute atomic E-state index is 0.0599. The van der Waals surface area contributed by atoms with Crippen LogP contribution in [0.3, 0.4) is 0 Å². The normalized spacial score (nSPS) is 20.1. The van der Waals surface area contributed by atoms with Gasteiger partial charge in [-0.25, -0.2) is 14.8 Å². The van der Waals surface area contributed by atoms with Gasteiger partial charge in [-0.1, -0.05) is 30.3 Å². The molecule has 5 heterocycles. The molecule has 0 radical (unpaired) electrons. The Morgan fingerprint density at radius 3 is 2.57 bits per heavy atom. The maximum Gasteiger partial charge on any atom is 0.323 e. The van der Waals surface area contributed by atoms with E-state index in [0.29, 0.717) is 35.4 Å². The van der Waals surface area contributed by atoms with Gasteiger partial charge < -0.3 is 20.3 Å². The fraction of sp³-hybridized carbons (Fsp3) is 0.424. The molecule has 7 rings (SSSR count). The Morgan fingerprint density at radius 2 is 1.91 bits per heavy atom. The smallest absolute Gasteiger partial charge is 0.323 e. The number of nitrogens with zero attached hydrogens (tertiary/aromatic N) is 9. The van der Waals surface area contributed by atoms with Gasteiger partial charge in [0.1, 0.15) is 11.6 Å². The zero-order chi connectivity index (χ0) is 31.5. The molecule has 2 N–H and O–H groups in total. The second kappa shape index (κ2) is 12.7. The molecule has 1 spiro atoms. The van der Waals surface area contributed by atoms with Crippen LogP contribution in [0.1, 0.15) is 43.2 Å². The van der Waals surface area contributed by atoms with Gasteiger partial charge in [0.15, 0.2) is 11.6 Å². The van der Waals surface area contributed by atoms with E-state index in [1.165, 1.54) is 0 Å². The molecule has 3 aromatic heterocycles. The summed E-state index contributed by atoms with van der Waals surface area (Å²) in [7, 11) is 1.86. The van der Waals surface area contributed by atoms with Gasteiger partial charge in [0, 0.05) is 55.9 Å². The van der Waals surface area contributed by atoms with Crippen LogP contribution >= 0.6 is 0 Å². The fourth-order valence-electron chi connectivity index (χ4n) is 6.63. The quantitative estimate of drug-likeness (QED) is 0.297. The van der Waals surface area contributed by atoms with Gasteiger partial charge in [0.2, 0.25) is 5.95 Å². The summed E-state index contributed by atoms with van der Waals surface area (Å²) < 4.78 is 7.19.